The van der Waals surface area contributed by atoms with Crippen molar-refractivity contribution in [3.63, 3.8) is 0 Å². The number of rotatable bonds is 5. The molecule has 2 aliphatic rings. The maximum atomic E-state index is 13.2. The Bertz CT molecular complexity index is 852. The predicted octanol–water partition coefficient (Wildman–Crippen LogP) is 3.73. The molecule has 1 amide bonds. The summed E-state index contributed by atoms with van der Waals surface area (Å²) in [6.07, 6.45) is 9.38. The van der Waals surface area contributed by atoms with Crippen LogP contribution in [0.5, 0.6) is 5.88 Å². The third kappa shape index (κ3) is 4.51. The van der Waals surface area contributed by atoms with E-state index in [1.165, 1.54) is 12.0 Å². The second-order valence-corrected chi connectivity index (χ2v) is 7.89. The Morgan fingerprint density at radius 3 is 2.86 bits per heavy atom. The third-order valence-corrected chi connectivity index (χ3v) is 6.08. The van der Waals surface area contributed by atoms with Gasteiger partial charge in [0.05, 0.1) is 7.11 Å². The van der Waals surface area contributed by atoms with Crippen molar-refractivity contribution in [3.05, 3.63) is 65.9 Å². The van der Waals surface area contributed by atoms with Crippen molar-refractivity contribution in [2.24, 2.45) is 5.92 Å². The Hall–Kier alpha value is -2.66. The molecule has 3 heterocycles. The van der Waals surface area contributed by atoms with Crippen molar-refractivity contribution in [2.75, 3.05) is 33.3 Å². The largest absolute Gasteiger partial charge is 0.480 e. The van der Waals surface area contributed by atoms with Gasteiger partial charge in [0.1, 0.15) is 5.56 Å². The second-order valence-electron chi connectivity index (χ2n) is 7.89. The van der Waals surface area contributed by atoms with Crippen molar-refractivity contribution < 1.29 is 9.53 Å². The van der Waals surface area contributed by atoms with E-state index in [0.717, 1.165) is 39.0 Å². The van der Waals surface area contributed by atoms with E-state index < -0.39 is 0 Å². The van der Waals surface area contributed by atoms with Crippen LogP contribution in [-0.2, 0) is 0 Å². The van der Waals surface area contributed by atoms with E-state index >= 15 is 0 Å². The number of pyridine rings is 1. The fourth-order valence-electron chi connectivity index (χ4n) is 4.67. The molecule has 152 valence electrons. The monoisotopic (exact) mass is 391 g/mol. The molecule has 29 heavy (non-hydrogen) atoms. The standard InChI is InChI=1S/C24H29N3O2/c1-29-23-21(12-5-14-25-23)24(28)27-16-7-11-20-18-26(17-13-22(20)27)15-6-10-19-8-3-2-4-9-19/h2-6,8-10,12,14,20,22H,7,11,13,15-18H2,1H3/b10-6+/t20-,22-/m1/s1. The fraction of sp³-hybridized carbons (Fsp3) is 0.417. The Morgan fingerprint density at radius 1 is 1.17 bits per heavy atom. The van der Waals surface area contributed by atoms with Gasteiger partial charge < -0.3 is 9.64 Å². The first-order valence-electron chi connectivity index (χ1n) is 10.5. The lowest BCUT2D eigenvalue weighted by Crippen LogP contribution is -2.55. The van der Waals surface area contributed by atoms with E-state index in [1.807, 2.05) is 12.1 Å². The summed E-state index contributed by atoms with van der Waals surface area (Å²) in [6.45, 7) is 3.86. The lowest BCUT2D eigenvalue weighted by Gasteiger charge is -2.47. The Labute approximate surface area is 173 Å². The fourth-order valence-corrected chi connectivity index (χ4v) is 4.67. The van der Waals surface area contributed by atoms with Gasteiger partial charge in [0, 0.05) is 38.4 Å². The van der Waals surface area contributed by atoms with E-state index in [9.17, 15) is 4.79 Å². The van der Waals surface area contributed by atoms with Gasteiger partial charge in [-0.15, -0.1) is 0 Å². The number of likely N-dealkylation sites (tertiary alicyclic amines) is 2. The van der Waals surface area contributed by atoms with E-state index in [0.29, 0.717) is 23.4 Å². The predicted molar refractivity (Wildman–Crippen MR) is 115 cm³/mol. The van der Waals surface area contributed by atoms with Crippen LogP contribution < -0.4 is 4.74 Å². The number of hydrogen-bond donors (Lipinski definition) is 0. The van der Waals surface area contributed by atoms with Gasteiger partial charge in [-0.25, -0.2) is 4.98 Å². The van der Waals surface area contributed by atoms with Crippen LogP contribution in [0, 0.1) is 5.92 Å². The summed E-state index contributed by atoms with van der Waals surface area (Å²) in [4.78, 5) is 22.0. The van der Waals surface area contributed by atoms with Gasteiger partial charge in [-0.3, -0.25) is 9.69 Å². The molecule has 2 atom stereocenters. The number of fused-ring (bicyclic) bond motifs is 1. The first-order chi connectivity index (χ1) is 14.3. The number of nitrogens with zero attached hydrogens (tertiary/aromatic N) is 3. The van der Waals surface area contributed by atoms with Gasteiger partial charge in [0.25, 0.3) is 5.91 Å². The molecule has 0 N–H and O–H groups in total. The molecule has 4 rings (SSSR count). The lowest BCUT2D eigenvalue weighted by atomic mass is 9.83. The molecule has 0 spiro atoms. The van der Waals surface area contributed by atoms with Crippen LogP contribution in [0.2, 0.25) is 0 Å². The summed E-state index contributed by atoms with van der Waals surface area (Å²) in [6, 6.07) is 14.4. The molecular formula is C24H29N3O2. The number of amides is 1. The average molecular weight is 392 g/mol. The van der Waals surface area contributed by atoms with Crippen LogP contribution in [0.4, 0.5) is 0 Å². The molecule has 2 saturated heterocycles. The number of carbonyl (C=O) groups excluding carboxylic acids is 1. The molecule has 0 saturated carbocycles. The van der Waals surface area contributed by atoms with Gasteiger partial charge >= 0.3 is 0 Å². The van der Waals surface area contributed by atoms with E-state index in [1.54, 1.807) is 19.4 Å². The number of hydrogen-bond acceptors (Lipinski definition) is 4. The van der Waals surface area contributed by atoms with Gasteiger partial charge in [-0.05, 0) is 42.9 Å². The zero-order chi connectivity index (χ0) is 20.1. The highest BCUT2D eigenvalue weighted by Crippen LogP contribution is 2.32. The normalized spacial score (nSPS) is 22.4. The number of methoxy groups -OCH3 is 1. The zero-order valence-corrected chi connectivity index (χ0v) is 17.0. The lowest BCUT2D eigenvalue weighted by molar-refractivity contribution is 0.0224. The molecule has 5 nitrogen and oxygen atoms in total. The molecule has 5 heteroatoms. The number of carbonyl (C=O) groups is 1. The second kappa shape index (κ2) is 9.23. The van der Waals surface area contributed by atoms with Gasteiger partial charge in [0.2, 0.25) is 5.88 Å². The summed E-state index contributed by atoms with van der Waals surface area (Å²) in [5.41, 5.74) is 1.81. The summed E-state index contributed by atoms with van der Waals surface area (Å²) in [7, 11) is 1.57. The molecule has 0 unspecified atom stereocenters. The highest BCUT2D eigenvalue weighted by atomic mass is 16.5. The highest BCUT2D eigenvalue weighted by Gasteiger charge is 2.38. The molecule has 0 aliphatic carbocycles. The number of piperidine rings is 2. The van der Waals surface area contributed by atoms with Crippen LogP contribution in [0.3, 0.4) is 0 Å². The maximum absolute atomic E-state index is 13.2. The molecule has 2 fully saturated rings. The number of benzene rings is 1. The van der Waals surface area contributed by atoms with Gasteiger partial charge in [0.15, 0.2) is 0 Å². The van der Waals surface area contributed by atoms with E-state index in [4.69, 9.17) is 4.74 Å². The third-order valence-electron chi connectivity index (χ3n) is 6.08. The van der Waals surface area contributed by atoms with Crippen molar-refractivity contribution in [3.8, 4) is 5.88 Å². The van der Waals surface area contributed by atoms with Crippen molar-refractivity contribution in [1.29, 1.82) is 0 Å². The number of aromatic nitrogens is 1. The first-order valence-corrected chi connectivity index (χ1v) is 10.5. The Morgan fingerprint density at radius 2 is 2.03 bits per heavy atom. The van der Waals surface area contributed by atoms with E-state index in [-0.39, 0.29) is 5.91 Å². The smallest absolute Gasteiger partial charge is 0.259 e. The first kappa shape index (κ1) is 19.6. The highest BCUT2D eigenvalue weighted by molar-refractivity contribution is 5.96. The van der Waals surface area contributed by atoms with E-state index in [2.05, 4.69) is 51.2 Å². The van der Waals surface area contributed by atoms with Crippen LogP contribution in [0.15, 0.2) is 54.7 Å². The molecule has 1 aromatic heterocycles. The summed E-state index contributed by atoms with van der Waals surface area (Å²) < 4.78 is 5.32. The van der Waals surface area contributed by atoms with Crippen LogP contribution in [0.1, 0.15) is 35.2 Å². The maximum Gasteiger partial charge on any atom is 0.259 e. The van der Waals surface area contributed by atoms with Crippen LogP contribution >= 0.6 is 0 Å². The molecule has 0 radical (unpaired) electrons. The minimum absolute atomic E-state index is 0.0575. The summed E-state index contributed by atoms with van der Waals surface area (Å²) >= 11 is 0. The molecule has 2 aliphatic heterocycles. The Balaban J connectivity index is 1.39. The molecule has 1 aromatic carbocycles. The topological polar surface area (TPSA) is 45.7 Å². The summed E-state index contributed by atoms with van der Waals surface area (Å²) in [5, 5.41) is 0. The summed E-state index contributed by atoms with van der Waals surface area (Å²) in [5.74, 6) is 1.01. The average Bonchev–Trinajstić information content (AvgIpc) is 2.78. The molecular weight excluding hydrogens is 362 g/mol. The minimum Gasteiger partial charge on any atom is -0.480 e. The zero-order valence-electron chi connectivity index (χ0n) is 17.0. The SMILES string of the molecule is COc1ncccc1C(=O)N1CCC[C@@H]2CN(C/C=C/c3ccccc3)CC[C@H]21. The van der Waals surface area contributed by atoms with Crippen molar-refractivity contribution >= 4 is 12.0 Å². The molecule has 0 bridgehead atoms. The van der Waals surface area contributed by atoms with Gasteiger partial charge in [-0.2, -0.15) is 0 Å². The van der Waals surface area contributed by atoms with Crippen molar-refractivity contribution in [2.45, 2.75) is 25.3 Å². The quantitative estimate of drug-likeness (QED) is 0.779. The van der Waals surface area contributed by atoms with Crippen LogP contribution in [-0.4, -0.2) is 60.0 Å². The Kier molecular flexibility index (Phi) is 6.25. The molecule has 2 aromatic rings. The van der Waals surface area contributed by atoms with Crippen LogP contribution in [0.25, 0.3) is 6.08 Å². The van der Waals surface area contributed by atoms with Crippen molar-refractivity contribution in [1.82, 2.24) is 14.8 Å². The van der Waals surface area contributed by atoms with Gasteiger partial charge in [-0.1, -0.05) is 42.5 Å². The number of ether oxygens (including phenoxy) is 1. The minimum atomic E-state index is 0.0575.